The average molecular weight is 284 g/mol. The molecule has 8 heteroatoms. The van der Waals surface area contributed by atoms with Crippen molar-refractivity contribution in [3.63, 3.8) is 0 Å². The van der Waals surface area contributed by atoms with Crippen LogP contribution in [0.4, 0.5) is 18.0 Å². The van der Waals surface area contributed by atoms with Gasteiger partial charge < -0.3 is 15.3 Å². The summed E-state index contributed by atoms with van der Waals surface area (Å²) in [4.78, 5) is 23.4. The number of hydrogen-bond acceptors (Lipinski definition) is 2. The van der Waals surface area contributed by atoms with E-state index in [1.165, 1.54) is 12.4 Å². The molecule has 0 saturated heterocycles. The van der Waals surface area contributed by atoms with Gasteiger partial charge in [-0.1, -0.05) is 20.8 Å². The first-order valence-corrected chi connectivity index (χ1v) is 5.54. The summed E-state index contributed by atoms with van der Waals surface area (Å²) in [6, 6.07) is -1.09. The number of hydrogen-bond donors (Lipinski definition) is 2. The normalized spacial score (nSPS) is 15.6. The predicted octanol–water partition coefficient (Wildman–Crippen LogP) is 2.08. The van der Waals surface area contributed by atoms with Crippen LogP contribution in [0.25, 0.3) is 0 Å². The first-order valence-electron chi connectivity index (χ1n) is 5.54. The quantitative estimate of drug-likeness (QED) is 0.833. The predicted molar refractivity (Wildman–Crippen MR) is 62.7 cm³/mol. The molecular formula is C11H19F3N2O3. The minimum Gasteiger partial charge on any atom is -0.479 e. The molecule has 0 rings (SSSR count). The van der Waals surface area contributed by atoms with Crippen molar-refractivity contribution < 1.29 is 27.9 Å². The Kier molecular flexibility index (Phi) is 4.85. The molecule has 0 aliphatic carbocycles. The monoisotopic (exact) mass is 284 g/mol. The topological polar surface area (TPSA) is 69.6 Å². The number of carboxylic acid groups (broad SMARTS) is 1. The zero-order chi connectivity index (χ0) is 15.6. The van der Waals surface area contributed by atoms with E-state index >= 15 is 0 Å². The fraction of sp³-hybridized carbons (Fsp3) is 0.818. The Hall–Kier alpha value is -1.47. The molecule has 0 aliphatic heterocycles. The summed E-state index contributed by atoms with van der Waals surface area (Å²) in [5.41, 5.74) is -3.62. The third-order valence-electron chi connectivity index (χ3n) is 2.41. The van der Waals surface area contributed by atoms with Gasteiger partial charge in [0.25, 0.3) is 0 Å². The Morgan fingerprint density at radius 3 is 1.84 bits per heavy atom. The number of nitrogens with one attached hydrogen (secondary N) is 1. The van der Waals surface area contributed by atoms with Crippen molar-refractivity contribution >= 4 is 12.0 Å². The molecule has 1 unspecified atom stereocenters. The maximum atomic E-state index is 12.7. The number of halogens is 3. The molecule has 0 aromatic rings. The summed E-state index contributed by atoms with van der Waals surface area (Å²) in [7, 11) is 1.30. The Morgan fingerprint density at radius 1 is 1.16 bits per heavy atom. The molecule has 5 nitrogen and oxygen atoms in total. The van der Waals surface area contributed by atoms with Gasteiger partial charge in [0, 0.05) is 13.6 Å². The van der Waals surface area contributed by atoms with Crippen LogP contribution in [0.3, 0.4) is 0 Å². The van der Waals surface area contributed by atoms with E-state index in [4.69, 9.17) is 5.11 Å². The second-order valence-electron chi connectivity index (χ2n) is 5.77. The summed E-state index contributed by atoms with van der Waals surface area (Å²) in [6.07, 6.45) is -5.09. The molecule has 0 spiro atoms. The van der Waals surface area contributed by atoms with Crippen molar-refractivity contribution in [3.05, 3.63) is 0 Å². The lowest BCUT2D eigenvalue weighted by Crippen LogP contribution is -2.64. The van der Waals surface area contributed by atoms with E-state index in [2.05, 4.69) is 0 Å². The minimum absolute atomic E-state index is 0.187. The van der Waals surface area contributed by atoms with Crippen LogP contribution in [0.1, 0.15) is 27.7 Å². The van der Waals surface area contributed by atoms with E-state index in [1.807, 2.05) is 0 Å². The molecular weight excluding hydrogens is 265 g/mol. The minimum atomic E-state index is -5.09. The van der Waals surface area contributed by atoms with Crippen LogP contribution in [-0.2, 0) is 4.79 Å². The van der Waals surface area contributed by atoms with Gasteiger partial charge in [-0.15, -0.1) is 0 Å². The van der Waals surface area contributed by atoms with E-state index in [1.54, 1.807) is 20.8 Å². The van der Waals surface area contributed by atoms with Crippen LogP contribution >= 0.6 is 0 Å². The van der Waals surface area contributed by atoms with Crippen LogP contribution in [0, 0.1) is 5.41 Å². The van der Waals surface area contributed by atoms with Gasteiger partial charge in [-0.2, -0.15) is 13.2 Å². The van der Waals surface area contributed by atoms with Gasteiger partial charge >= 0.3 is 18.2 Å². The number of amides is 2. The number of urea groups is 1. The number of nitrogens with zero attached hydrogens (tertiary/aromatic N) is 1. The van der Waals surface area contributed by atoms with Gasteiger partial charge in [0.15, 0.2) is 0 Å². The summed E-state index contributed by atoms with van der Waals surface area (Å²) < 4.78 is 38.1. The zero-order valence-corrected chi connectivity index (χ0v) is 11.6. The fourth-order valence-corrected chi connectivity index (χ4v) is 1.34. The maximum Gasteiger partial charge on any atom is 0.422 e. The van der Waals surface area contributed by atoms with Crippen molar-refractivity contribution in [3.8, 4) is 0 Å². The van der Waals surface area contributed by atoms with Crippen molar-refractivity contribution in [2.24, 2.45) is 5.41 Å². The molecule has 0 aromatic heterocycles. The van der Waals surface area contributed by atoms with E-state index in [0.717, 1.165) is 4.90 Å². The maximum absolute atomic E-state index is 12.7. The van der Waals surface area contributed by atoms with Crippen LogP contribution in [-0.4, -0.2) is 47.3 Å². The van der Waals surface area contributed by atoms with E-state index in [-0.39, 0.29) is 12.0 Å². The van der Waals surface area contributed by atoms with Crippen LogP contribution < -0.4 is 5.32 Å². The number of carbonyl (C=O) groups is 2. The van der Waals surface area contributed by atoms with Crippen LogP contribution in [0.2, 0.25) is 0 Å². The van der Waals surface area contributed by atoms with Crippen molar-refractivity contribution in [1.82, 2.24) is 10.2 Å². The Labute approximate surface area is 109 Å². The molecule has 0 heterocycles. The highest BCUT2D eigenvalue weighted by Gasteiger charge is 2.58. The molecule has 0 bridgehead atoms. The highest BCUT2D eigenvalue weighted by molar-refractivity contribution is 5.86. The smallest absolute Gasteiger partial charge is 0.422 e. The zero-order valence-electron chi connectivity index (χ0n) is 11.6. The molecule has 0 aromatic carbocycles. The number of aliphatic carboxylic acids is 1. The summed E-state index contributed by atoms with van der Waals surface area (Å²) in [5.74, 6) is -2.16. The first kappa shape index (κ1) is 17.5. The SMILES string of the molecule is CN(CC(C)(C)C)C(=O)NC(C)(C(=O)O)C(F)(F)F. The Balaban J connectivity index is 5.00. The number of rotatable bonds is 3. The van der Waals surface area contributed by atoms with Crippen molar-refractivity contribution in [2.75, 3.05) is 13.6 Å². The Bertz CT molecular complexity index is 363. The van der Waals surface area contributed by atoms with Crippen LogP contribution in [0.15, 0.2) is 0 Å². The number of carbonyl (C=O) groups excluding carboxylic acids is 1. The highest BCUT2D eigenvalue weighted by Crippen LogP contribution is 2.30. The van der Waals surface area contributed by atoms with Crippen molar-refractivity contribution in [2.45, 2.75) is 39.4 Å². The van der Waals surface area contributed by atoms with E-state index in [9.17, 15) is 22.8 Å². The first-order chi connectivity index (χ1) is 8.21. The summed E-state index contributed by atoms with van der Waals surface area (Å²) in [6.45, 7) is 6.01. The third-order valence-corrected chi connectivity index (χ3v) is 2.41. The van der Waals surface area contributed by atoms with Gasteiger partial charge in [-0.05, 0) is 12.3 Å². The molecule has 19 heavy (non-hydrogen) atoms. The standard InChI is InChI=1S/C11H19F3N2O3/c1-9(2,3)6-16(5)8(19)15-10(4,7(17)18)11(12,13)14/h6H2,1-5H3,(H,15,19)(H,17,18). The second kappa shape index (κ2) is 5.26. The fourth-order valence-electron chi connectivity index (χ4n) is 1.34. The molecule has 2 N–H and O–H groups in total. The van der Waals surface area contributed by atoms with Gasteiger partial charge in [0.05, 0.1) is 0 Å². The Morgan fingerprint density at radius 2 is 1.58 bits per heavy atom. The van der Waals surface area contributed by atoms with Crippen molar-refractivity contribution in [1.29, 1.82) is 0 Å². The lowest BCUT2D eigenvalue weighted by atomic mass is 9.96. The highest BCUT2D eigenvalue weighted by atomic mass is 19.4. The molecule has 0 aliphatic rings. The summed E-state index contributed by atoms with van der Waals surface area (Å²) >= 11 is 0. The largest absolute Gasteiger partial charge is 0.479 e. The lowest BCUT2D eigenvalue weighted by Gasteiger charge is -2.32. The van der Waals surface area contributed by atoms with Crippen LogP contribution in [0.5, 0.6) is 0 Å². The van der Waals surface area contributed by atoms with Gasteiger partial charge in [0.1, 0.15) is 0 Å². The second-order valence-corrected chi connectivity index (χ2v) is 5.77. The molecule has 2 amide bonds. The molecule has 0 fully saturated rings. The molecule has 0 radical (unpaired) electrons. The van der Waals surface area contributed by atoms with E-state index < -0.39 is 23.7 Å². The molecule has 112 valence electrons. The number of carboxylic acids is 1. The van der Waals surface area contributed by atoms with Gasteiger partial charge in [-0.3, -0.25) is 0 Å². The molecule has 1 atom stereocenters. The van der Waals surface area contributed by atoms with E-state index in [0.29, 0.717) is 6.92 Å². The average Bonchev–Trinajstić information content (AvgIpc) is 2.12. The van der Waals surface area contributed by atoms with Gasteiger partial charge in [0.2, 0.25) is 5.54 Å². The lowest BCUT2D eigenvalue weighted by molar-refractivity contribution is -0.203. The number of alkyl halides is 3. The molecule has 0 saturated carbocycles. The summed E-state index contributed by atoms with van der Waals surface area (Å²) in [5, 5.41) is 10.2. The third kappa shape index (κ3) is 4.60. The van der Waals surface area contributed by atoms with Gasteiger partial charge in [-0.25, -0.2) is 9.59 Å².